The molecule has 0 amide bonds. The molecule has 0 bridgehead atoms. The van der Waals surface area contributed by atoms with Gasteiger partial charge in [-0.05, 0) is 18.8 Å². The molecule has 0 aliphatic rings. The van der Waals surface area contributed by atoms with Gasteiger partial charge in [0, 0.05) is 6.61 Å². The molecule has 2 aromatic heterocycles. The van der Waals surface area contributed by atoms with Crippen LogP contribution in [0.2, 0.25) is 0 Å². The summed E-state index contributed by atoms with van der Waals surface area (Å²) < 4.78 is 1.38. The van der Waals surface area contributed by atoms with E-state index in [2.05, 4.69) is 15.0 Å². The molecule has 0 saturated heterocycles. The average Bonchev–Trinajstić information content (AvgIpc) is 2.69. The Labute approximate surface area is 93.1 Å². The SMILES string of the molecule is CC(CO)CCc1ncnc2c1ncn2N. The van der Waals surface area contributed by atoms with Crippen molar-refractivity contribution in [3.8, 4) is 0 Å². The third-order valence-electron chi connectivity index (χ3n) is 2.62. The van der Waals surface area contributed by atoms with E-state index in [1.807, 2.05) is 6.92 Å². The topological polar surface area (TPSA) is 89.9 Å². The van der Waals surface area contributed by atoms with Gasteiger partial charge in [0.1, 0.15) is 18.2 Å². The molecule has 6 nitrogen and oxygen atoms in total. The Bertz CT molecular complexity index is 481. The van der Waals surface area contributed by atoms with Crippen molar-refractivity contribution in [2.75, 3.05) is 12.4 Å². The maximum atomic E-state index is 8.96. The number of imidazole rings is 1. The fraction of sp³-hybridized carbons (Fsp3) is 0.500. The molecule has 0 radical (unpaired) electrons. The smallest absolute Gasteiger partial charge is 0.181 e. The molecule has 2 aromatic rings. The largest absolute Gasteiger partial charge is 0.396 e. The van der Waals surface area contributed by atoms with Gasteiger partial charge in [-0.2, -0.15) is 0 Å². The monoisotopic (exact) mass is 221 g/mol. The fourth-order valence-corrected chi connectivity index (χ4v) is 1.56. The highest BCUT2D eigenvalue weighted by Gasteiger charge is 2.09. The lowest BCUT2D eigenvalue weighted by Crippen LogP contribution is -2.07. The van der Waals surface area contributed by atoms with Gasteiger partial charge in [-0.3, -0.25) is 0 Å². The number of aliphatic hydroxyl groups is 1. The van der Waals surface area contributed by atoms with Crippen molar-refractivity contribution in [3.63, 3.8) is 0 Å². The molecule has 0 saturated carbocycles. The first-order valence-electron chi connectivity index (χ1n) is 5.25. The Kier molecular flexibility index (Phi) is 3.00. The van der Waals surface area contributed by atoms with Gasteiger partial charge in [0.15, 0.2) is 5.65 Å². The summed E-state index contributed by atoms with van der Waals surface area (Å²) in [6.45, 7) is 2.19. The van der Waals surface area contributed by atoms with E-state index >= 15 is 0 Å². The van der Waals surface area contributed by atoms with E-state index in [-0.39, 0.29) is 12.5 Å². The highest BCUT2D eigenvalue weighted by Crippen LogP contribution is 2.14. The number of aryl methyl sites for hydroxylation is 1. The standard InChI is InChI=1S/C10H15N5O/c1-7(4-16)2-3-8-9-10(13-5-12-8)15(11)6-14-9/h5-7,16H,2-4,11H2,1H3. The molecule has 6 heteroatoms. The van der Waals surface area contributed by atoms with Crippen LogP contribution in [0.5, 0.6) is 0 Å². The lowest BCUT2D eigenvalue weighted by molar-refractivity contribution is 0.230. The molecule has 1 unspecified atom stereocenters. The van der Waals surface area contributed by atoms with E-state index in [1.165, 1.54) is 17.3 Å². The second-order valence-electron chi connectivity index (χ2n) is 3.97. The minimum Gasteiger partial charge on any atom is -0.396 e. The number of rotatable bonds is 4. The summed E-state index contributed by atoms with van der Waals surface area (Å²) >= 11 is 0. The molecule has 86 valence electrons. The normalized spacial score (nSPS) is 13.1. The maximum Gasteiger partial charge on any atom is 0.181 e. The van der Waals surface area contributed by atoms with Crippen LogP contribution in [0.15, 0.2) is 12.7 Å². The van der Waals surface area contributed by atoms with Gasteiger partial charge in [0.2, 0.25) is 0 Å². The average molecular weight is 221 g/mol. The number of nitrogens with two attached hydrogens (primary N) is 1. The zero-order chi connectivity index (χ0) is 11.5. The summed E-state index contributed by atoms with van der Waals surface area (Å²) in [5.41, 5.74) is 2.27. The van der Waals surface area contributed by atoms with Crippen molar-refractivity contribution in [1.29, 1.82) is 0 Å². The molecule has 2 rings (SSSR count). The zero-order valence-electron chi connectivity index (χ0n) is 9.17. The second kappa shape index (κ2) is 4.44. The molecule has 1 atom stereocenters. The summed E-state index contributed by atoms with van der Waals surface area (Å²) in [6.07, 6.45) is 4.67. The highest BCUT2D eigenvalue weighted by atomic mass is 16.3. The van der Waals surface area contributed by atoms with Crippen molar-refractivity contribution < 1.29 is 5.11 Å². The van der Waals surface area contributed by atoms with E-state index in [0.29, 0.717) is 5.65 Å². The molecule has 0 fully saturated rings. The predicted molar refractivity (Wildman–Crippen MR) is 60.0 cm³/mol. The van der Waals surface area contributed by atoms with Crippen LogP contribution in [-0.2, 0) is 6.42 Å². The third-order valence-corrected chi connectivity index (χ3v) is 2.62. The van der Waals surface area contributed by atoms with Gasteiger partial charge in [0.05, 0.1) is 5.69 Å². The Morgan fingerprint density at radius 3 is 3.00 bits per heavy atom. The molecule has 16 heavy (non-hydrogen) atoms. The van der Waals surface area contributed by atoms with Crippen molar-refractivity contribution >= 4 is 11.2 Å². The number of aliphatic hydroxyl groups excluding tert-OH is 1. The highest BCUT2D eigenvalue weighted by molar-refractivity contribution is 5.72. The van der Waals surface area contributed by atoms with Crippen LogP contribution < -0.4 is 5.84 Å². The second-order valence-corrected chi connectivity index (χ2v) is 3.97. The predicted octanol–water partition coefficient (Wildman–Crippen LogP) is 0.101. The summed E-state index contributed by atoms with van der Waals surface area (Å²) in [7, 11) is 0. The van der Waals surface area contributed by atoms with Gasteiger partial charge in [-0.15, -0.1) is 0 Å². The van der Waals surface area contributed by atoms with Crippen LogP contribution >= 0.6 is 0 Å². The minimum atomic E-state index is 0.194. The van der Waals surface area contributed by atoms with E-state index < -0.39 is 0 Å². The molecule has 3 N–H and O–H groups in total. The van der Waals surface area contributed by atoms with Crippen LogP contribution in [0.1, 0.15) is 19.0 Å². The Morgan fingerprint density at radius 2 is 2.25 bits per heavy atom. The lowest BCUT2D eigenvalue weighted by Gasteiger charge is -2.06. The number of hydrogen-bond donors (Lipinski definition) is 2. The van der Waals surface area contributed by atoms with Gasteiger partial charge in [-0.25, -0.2) is 19.6 Å². The third kappa shape index (κ3) is 1.96. The number of fused-ring (bicyclic) bond motifs is 1. The van der Waals surface area contributed by atoms with E-state index in [9.17, 15) is 0 Å². The molecule has 0 spiro atoms. The van der Waals surface area contributed by atoms with Crippen molar-refractivity contribution in [2.45, 2.75) is 19.8 Å². The van der Waals surface area contributed by atoms with Crippen LogP contribution in [-0.4, -0.2) is 31.3 Å². The quantitative estimate of drug-likeness (QED) is 0.715. The zero-order valence-corrected chi connectivity index (χ0v) is 9.17. The Balaban J connectivity index is 2.24. The van der Waals surface area contributed by atoms with Crippen LogP contribution in [0, 0.1) is 5.92 Å². The van der Waals surface area contributed by atoms with E-state index in [4.69, 9.17) is 10.9 Å². The first-order chi connectivity index (χ1) is 7.72. The first-order valence-corrected chi connectivity index (χ1v) is 5.25. The van der Waals surface area contributed by atoms with Crippen LogP contribution in [0.3, 0.4) is 0 Å². The summed E-state index contributed by atoms with van der Waals surface area (Å²) in [5, 5.41) is 8.96. The minimum absolute atomic E-state index is 0.194. The summed E-state index contributed by atoms with van der Waals surface area (Å²) in [4.78, 5) is 12.4. The van der Waals surface area contributed by atoms with Crippen molar-refractivity contribution in [1.82, 2.24) is 19.6 Å². The van der Waals surface area contributed by atoms with Gasteiger partial charge >= 0.3 is 0 Å². The Hall–Kier alpha value is -1.69. The number of nitrogens with zero attached hydrogens (tertiary/aromatic N) is 4. The summed E-state index contributed by atoms with van der Waals surface area (Å²) in [6, 6.07) is 0. The first kappa shape index (κ1) is 10.8. The summed E-state index contributed by atoms with van der Waals surface area (Å²) in [5.74, 6) is 5.92. The fourth-order valence-electron chi connectivity index (χ4n) is 1.56. The molecular formula is C10H15N5O. The van der Waals surface area contributed by atoms with Gasteiger partial charge in [-0.1, -0.05) is 6.92 Å². The van der Waals surface area contributed by atoms with Crippen molar-refractivity contribution in [2.24, 2.45) is 5.92 Å². The van der Waals surface area contributed by atoms with E-state index in [1.54, 1.807) is 0 Å². The van der Waals surface area contributed by atoms with Crippen LogP contribution in [0.25, 0.3) is 11.2 Å². The van der Waals surface area contributed by atoms with Crippen molar-refractivity contribution in [3.05, 3.63) is 18.3 Å². The Morgan fingerprint density at radius 1 is 1.44 bits per heavy atom. The van der Waals surface area contributed by atoms with Gasteiger partial charge < -0.3 is 10.9 Å². The molecule has 2 heterocycles. The lowest BCUT2D eigenvalue weighted by atomic mass is 10.0. The van der Waals surface area contributed by atoms with Crippen LogP contribution in [0.4, 0.5) is 0 Å². The van der Waals surface area contributed by atoms with E-state index in [0.717, 1.165) is 24.1 Å². The molecule has 0 aromatic carbocycles. The maximum absolute atomic E-state index is 8.96. The molecule has 0 aliphatic carbocycles. The number of nitrogen functional groups attached to an aromatic ring is 1. The molecular weight excluding hydrogens is 206 g/mol. The van der Waals surface area contributed by atoms with Gasteiger partial charge in [0.25, 0.3) is 0 Å². The number of hydrogen-bond acceptors (Lipinski definition) is 5. The molecule has 0 aliphatic heterocycles. The number of aromatic nitrogens is 4.